The van der Waals surface area contributed by atoms with Crippen LogP contribution in [0.2, 0.25) is 0 Å². The molecule has 2 heterocycles. The van der Waals surface area contributed by atoms with Crippen molar-refractivity contribution in [1.82, 2.24) is 15.3 Å². The van der Waals surface area contributed by atoms with Gasteiger partial charge in [-0.25, -0.2) is 4.98 Å². The summed E-state index contributed by atoms with van der Waals surface area (Å²) in [5, 5.41) is 3.32. The fraction of sp³-hybridized carbons (Fsp3) is 0.333. The Balaban J connectivity index is 2.04. The summed E-state index contributed by atoms with van der Waals surface area (Å²) in [6.07, 6.45) is 0.958. The Labute approximate surface area is 123 Å². The minimum absolute atomic E-state index is 0.655. The maximum absolute atomic E-state index is 5.53. The molecule has 4 nitrogen and oxygen atoms in total. The molecule has 0 saturated heterocycles. The lowest BCUT2D eigenvalue weighted by atomic mass is 10.1. The fourth-order valence-electron chi connectivity index (χ4n) is 2.40. The zero-order valence-corrected chi connectivity index (χ0v) is 12.2. The van der Waals surface area contributed by atoms with Crippen LogP contribution in [0.1, 0.15) is 18.2 Å². The Kier molecular flexibility index (Phi) is 3.80. The normalized spacial score (nSPS) is 13.8. The number of benzene rings is 1. The number of rotatable bonds is 3. The second-order valence-electron chi connectivity index (χ2n) is 4.74. The molecule has 0 amide bonds. The summed E-state index contributed by atoms with van der Waals surface area (Å²) in [6, 6.07) is 7.93. The van der Waals surface area contributed by atoms with Crippen LogP contribution in [0.4, 0.5) is 0 Å². The van der Waals surface area contributed by atoms with Gasteiger partial charge in [0.2, 0.25) is 0 Å². The summed E-state index contributed by atoms with van der Waals surface area (Å²) < 4.78 is 6.22. The van der Waals surface area contributed by atoms with Crippen molar-refractivity contribution >= 4 is 12.2 Å². The molecule has 1 aromatic heterocycles. The molecule has 0 spiro atoms. The van der Waals surface area contributed by atoms with Crippen LogP contribution in [-0.2, 0) is 13.0 Å². The summed E-state index contributed by atoms with van der Waals surface area (Å²) in [6.45, 7) is 4.41. The van der Waals surface area contributed by atoms with E-state index in [0.29, 0.717) is 11.2 Å². The van der Waals surface area contributed by atoms with Crippen molar-refractivity contribution in [3.8, 4) is 17.1 Å². The molecule has 0 radical (unpaired) electrons. The summed E-state index contributed by atoms with van der Waals surface area (Å²) in [5.74, 6) is 1.67. The molecule has 0 atom stereocenters. The van der Waals surface area contributed by atoms with E-state index in [1.807, 2.05) is 31.2 Å². The SMILES string of the molecule is CCOc1cccc(-c2nc(=S)c3c([nH]2)CCNC3)c1. The first kappa shape index (κ1) is 13.3. The average Bonchev–Trinajstić information content (AvgIpc) is 2.48. The van der Waals surface area contributed by atoms with Gasteiger partial charge in [0.25, 0.3) is 0 Å². The van der Waals surface area contributed by atoms with Crippen LogP contribution >= 0.6 is 12.2 Å². The highest BCUT2D eigenvalue weighted by Gasteiger charge is 2.13. The van der Waals surface area contributed by atoms with E-state index in [4.69, 9.17) is 17.0 Å². The number of ether oxygens (including phenoxy) is 1. The number of aromatic nitrogens is 2. The molecule has 1 aliphatic heterocycles. The van der Waals surface area contributed by atoms with E-state index in [-0.39, 0.29) is 0 Å². The number of nitrogens with one attached hydrogen (secondary N) is 2. The number of fused-ring (bicyclic) bond motifs is 1. The molecule has 2 N–H and O–H groups in total. The molecule has 3 rings (SSSR count). The van der Waals surface area contributed by atoms with Crippen molar-refractivity contribution in [3.05, 3.63) is 40.2 Å². The van der Waals surface area contributed by atoms with Crippen LogP contribution in [0.3, 0.4) is 0 Å². The lowest BCUT2D eigenvalue weighted by Gasteiger charge is -2.17. The molecule has 104 valence electrons. The standard InChI is InChI=1S/C15H17N3OS/c1-2-19-11-5-3-4-10(8-11)14-17-13-6-7-16-9-12(13)15(20)18-14/h3-5,8,16H,2,6-7,9H2,1H3,(H,17,18,20). The van der Waals surface area contributed by atoms with E-state index in [0.717, 1.165) is 42.2 Å². The lowest BCUT2D eigenvalue weighted by Crippen LogP contribution is -2.25. The van der Waals surface area contributed by atoms with Gasteiger partial charge in [0, 0.05) is 36.3 Å². The predicted molar refractivity (Wildman–Crippen MR) is 81.4 cm³/mol. The first-order valence-electron chi connectivity index (χ1n) is 6.84. The third kappa shape index (κ3) is 2.59. The molecule has 5 heteroatoms. The fourth-order valence-corrected chi connectivity index (χ4v) is 2.69. The number of hydrogen-bond donors (Lipinski definition) is 2. The van der Waals surface area contributed by atoms with Gasteiger partial charge in [-0.05, 0) is 19.1 Å². The quantitative estimate of drug-likeness (QED) is 0.852. The second kappa shape index (κ2) is 5.73. The Bertz CT molecular complexity index is 681. The Morgan fingerprint density at radius 3 is 3.15 bits per heavy atom. The summed E-state index contributed by atoms with van der Waals surface area (Å²) in [4.78, 5) is 7.94. The van der Waals surface area contributed by atoms with Gasteiger partial charge >= 0.3 is 0 Å². The summed E-state index contributed by atoms with van der Waals surface area (Å²) in [5.41, 5.74) is 3.32. The van der Waals surface area contributed by atoms with E-state index in [9.17, 15) is 0 Å². The van der Waals surface area contributed by atoms with Crippen LogP contribution in [0.5, 0.6) is 5.75 Å². The van der Waals surface area contributed by atoms with Crippen molar-refractivity contribution in [2.75, 3.05) is 13.2 Å². The van der Waals surface area contributed by atoms with Gasteiger partial charge in [-0.3, -0.25) is 0 Å². The topological polar surface area (TPSA) is 49.9 Å². The number of hydrogen-bond acceptors (Lipinski definition) is 4. The number of aromatic amines is 1. The summed E-state index contributed by atoms with van der Waals surface area (Å²) >= 11 is 5.41. The molecule has 0 bridgehead atoms. The van der Waals surface area contributed by atoms with E-state index in [1.165, 1.54) is 5.69 Å². The maximum atomic E-state index is 5.53. The highest BCUT2D eigenvalue weighted by molar-refractivity contribution is 7.71. The Morgan fingerprint density at radius 1 is 1.40 bits per heavy atom. The molecular weight excluding hydrogens is 270 g/mol. The van der Waals surface area contributed by atoms with Crippen molar-refractivity contribution in [3.63, 3.8) is 0 Å². The van der Waals surface area contributed by atoms with E-state index < -0.39 is 0 Å². The maximum Gasteiger partial charge on any atom is 0.139 e. The minimum atomic E-state index is 0.655. The second-order valence-corrected chi connectivity index (χ2v) is 5.12. The van der Waals surface area contributed by atoms with Crippen LogP contribution in [-0.4, -0.2) is 23.1 Å². The molecule has 2 aromatic rings. The lowest BCUT2D eigenvalue weighted by molar-refractivity contribution is 0.340. The van der Waals surface area contributed by atoms with Gasteiger partial charge in [0.15, 0.2) is 0 Å². The third-order valence-electron chi connectivity index (χ3n) is 3.38. The molecule has 0 aliphatic carbocycles. The van der Waals surface area contributed by atoms with Crippen molar-refractivity contribution < 1.29 is 4.74 Å². The largest absolute Gasteiger partial charge is 0.494 e. The average molecular weight is 287 g/mol. The van der Waals surface area contributed by atoms with Gasteiger partial charge < -0.3 is 15.0 Å². The van der Waals surface area contributed by atoms with Gasteiger partial charge in [-0.2, -0.15) is 0 Å². The van der Waals surface area contributed by atoms with Gasteiger partial charge in [0.1, 0.15) is 16.2 Å². The van der Waals surface area contributed by atoms with Crippen LogP contribution in [0.25, 0.3) is 11.4 Å². The highest BCUT2D eigenvalue weighted by Crippen LogP contribution is 2.23. The van der Waals surface area contributed by atoms with Gasteiger partial charge in [0.05, 0.1) is 6.61 Å². The molecule has 0 unspecified atom stereocenters. The first-order chi connectivity index (χ1) is 9.78. The van der Waals surface area contributed by atoms with Gasteiger partial charge in [-0.15, -0.1) is 0 Å². The Morgan fingerprint density at radius 2 is 2.30 bits per heavy atom. The van der Waals surface area contributed by atoms with Crippen molar-refractivity contribution in [1.29, 1.82) is 0 Å². The van der Waals surface area contributed by atoms with E-state index in [1.54, 1.807) is 0 Å². The molecule has 20 heavy (non-hydrogen) atoms. The predicted octanol–water partition coefficient (Wildman–Crippen LogP) is 2.85. The smallest absolute Gasteiger partial charge is 0.139 e. The van der Waals surface area contributed by atoms with Crippen molar-refractivity contribution in [2.45, 2.75) is 19.9 Å². The molecule has 0 fully saturated rings. The van der Waals surface area contributed by atoms with Crippen LogP contribution < -0.4 is 10.1 Å². The molecule has 1 aromatic carbocycles. The van der Waals surface area contributed by atoms with Crippen LogP contribution in [0.15, 0.2) is 24.3 Å². The van der Waals surface area contributed by atoms with E-state index in [2.05, 4.69) is 15.3 Å². The van der Waals surface area contributed by atoms with E-state index >= 15 is 0 Å². The monoisotopic (exact) mass is 287 g/mol. The Hall–Kier alpha value is -1.72. The molecular formula is C15H17N3OS. The highest BCUT2D eigenvalue weighted by atomic mass is 32.1. The third-order valence-corrected chi connectivity index (χ3v) is 3.71. The van der Waals surface area contributed by atoms with Gasteiger partial charge in [-0.1, -0.05) is 24.4 Å². The number of H-pyrrole nitrogens is 1. The zero-order valence-electron chi connectivity index (χ0n) is 11.4. The molecule has 0 saturated carbocycles. The first-order valence-corrected chi connectivity index (χ1v) is 7.25. The van der Waals surface area contributed by atoms with Crippen molar-refractivity contribution in [2.24, 2.45) is 0 Å². The molecule has 1 aliphatic rings. The minimum Gasteiger partial charge on any atom is -0.494 e. The van der Waals surface area contributed by atoms with Crippen LogP contribution in [0, 0.1) is 4.64 Å². The zero-order chi connectivity index (χ0) is 13.9. The number of nitrogens with zero attached hydrogens (tertiary/aromatic N) is 1. The summed E-state index contributed by atoms with van der Waals surface area (Å²) in [7, 11) is 0.